The molecule has 1 fully saturated rings. The highest BCUT2D eigenvalue weighted by molar-refractivity contribution is 6.07. The molecular weight excluding hydrogens is 561 g/mol. The van der Waals surface area contributed by atoms with E-state index in [0.29, 0.717) is 61.3 Å². The van der Waals surface area contributed by atoms with Crippen molar-refractivity contribution in [3.63, 3.8) is 0 Å². The number of ether oxygens (including phenoxy) is 2. The van der Waals surface area contributed by atoms with Gasteiger partial charge in [-0.1, -0.05) is 12.1 Å². The number of nitrogens with one attached hydrogen (secondary N) is 2. The van der Waals surface area contributed by atoms with Crippen molar-refractivity contribution in [2.75, 3.05) is 41.8 Å². The van der Waals surface area contributed by atoms with Gasteiger partial charge in [-0.3, -0.25) is 14.6 Å². The Morgan fingerprint density at radius 1 is 0.907 bits per heavy atom. The summed E-state index contributed by atoms with van der Waals surface area (Å²) in [6.07, 6.45) is -2.94. The quantitative estimate of drug-likeness (QED) is 0.249. The van der Waals surface area contributed by atoms with Crippen LogP contribution < -0.4 is 20.3 Å². The number of carbonyl (C=O) groups is 2. The lowest BCUT2D eigenvalue weighted by Crippen LogP contribution is -2.36. The van der Waals surface area contributed by atoms with Crippen LogP contribution in [0.25, 0.3) is 0 Å². The van der Waals surface area contributed by atoms with Crippen molar-refractivity contribution < 1.29 is 32.2 Å². The van der Waals surface area contributed by atoms with E-state index in [2.05, 4.69) is 15.6 Å². The molecule has 4 aromatic rings. The standard InChI is InChI=1S/C32H29F3N4O4/c1-21-5-8-25(37-31(41)23-16-24(32(33,34)35)18-27(17-23)39-12-14-42-15-13-39)19-29(21)38-30(40)22-6-9-28(10-7-22)43-20-26-4-2-3-11-36-26/h2-11,16-19H,12-15,20H2,1H3,(H,37,41)(H,38,40). The molecule has 43 heavy (non-hydrogen) atoms. The van der Waals surface area contributed by atoms with Crippen molar-refractivity contribution in [1.82, 2.24) is 4.98 Å². The molecule has 0 atom stereocenters. The van der Waals surface area contributed by atoms with Gasteiger partial charge in [0.1, 0.15) is 12.4 Å². The van der Waals surface area contributed by atoms with Crippen LogP contribution in [0.5, 0.6) is 5.75 Å². The molecule has 11 heteroatoms. The van der Waals surface area contributed by atoms with E-state index < -0.39 is 17.6 Å². The second-order valence-electron chi connectivity index (χ2n) is 9.94. The summed E-state index contributed by atoms with van der Waals surface area (Å²) in [4.78, 5) is 32.0. The molecular formula is C32H29F3N4O4. The topological polar surface area (TPSA) is 92.8 Å². The lowest BCUT2D eigenvalue weighted by atomic mass is 10.1. The number of hydrogen-bond donors (Lipinski definition) is 2. The number of morpholine rings is 1. The monoisotopic (exact) mass is 590 g/mol. The number of benzene rings is 3. The van der Waals surface area contributed by atoms with Crippen LogP contribution in [0.15, 0.2) is 85.1 Å². The van der Waals surface area contributed by atoms with Crippen molar-refractivity contribution in [3.8, 4) is 5.75 Å². The number of halogens is 3. The molecule has 0 saturated carbocycles. The smallest absolute Gasteiger partial charge is 0.416 e. The van der Waals surface area contributed by atoms with Gasteiger partial charge in [0.15, 0.2) is 0 Å². The van der Waals surface area contributed by atoms with Gasteiger partial charge in [-0.15, -0.1) is 0 Å². The Hall–Kier alpha value is -4.90. The lowest BCUT2D eigenvalue weighted by molar-refractivity contribution is -0.137. The number of amides is 2. The maximum Gasteiger partial charge on any atom is 0.416 e. The van der Waals surface area contributed by atoms with Gasteiger partial charge in [-0.05, 0) is 79.2 Å². The molecule has 0 unspecified atom stereocenters. The van der Waals surface area contributed by atoms with E-state index >= 15 is 0 Å². The summed E-state index contributed by atoms with van der Waals surface area (Å²) in [5.41, 5.74) is 1.91. The summed E-state index contributed by atoms with van der Waals surface area (Å²) in [5, 5.41) is 5.49. The van der Waals surface area contributed by atoms with Gasteiger partial charge in [-0.2, -0.15) is 13.2 Å². The number of pyridine rings is 1. The van der Waals surface area contributed by atoms with E-state index in [4.69, 9.17) is 9.47 Å². The Kier molecular flexibility index (Phi) is 8.91. The van der Waals surface area contributed by atoms with Crippen molar-refractivity contribution in [2.45, 2.75) is 19.7 Å². The highest BCUT2D eigenvalue weighted by Crippen LogP contribution is 2.34. The summed E-state index contributed by atoms with van der Waals surface area (Å²) < 4.78 is 52.0. The van der Waals surface area contributed by atoms with E-state index in [1.54, 1.807) is 60.5 Å². The molecule has 0 bridgehead atoms. The minimum absolute atomic E-state index is 0.132. The van der Waals surface area contributed by atoms with Crippen LogP contribution in [-0.2, 0) is 17.5 Å². The number of anilines is 3. The molecule has 2 amide bonds. The first-order valence-electron chi connectivity index (χ1n) is 13.6. The summed E-state index contributed by atoms with van der Waals surface area (Å²) in [6.45, 7) is 3.70. The van der Waals surface area contributed by atoms with Crippen molar-refractivity contribution in [2.24, 2.45) is 0 Å². The fourth-order valence-electron chi connectivity index (χ4n) is 4.49. The normalized spacial score (nSPS) is 13.3. The Morgan fingerprint density at radius 2 is 1.65 bits per heavy atom. The molecule has 3 aromatic carbocycles. The van der Waals surface area contributed by atoms with Crippen molar-refractivity contribution in [3.05, 3.63) is 113 Å². The van der Waals surface area contributed by atoms with Crippen LogP contribution in [0.1, 0.15) is 37.5 Å². The molecule has 0 radical (unpaired) electrons. The summed E-state index contributed by atoms with van der Waals surface area (Å²) in [6, 6.07) is 20.4. The second-order valence-corrected chi connectivity index (χ2v) is 9.94. The molecule has 1 aliphatic heterocycles. The number of alkyl halides is 3. The summed E-state index contributed by atoms with van der Waals surface area (Å²) in [5.74, 6) is -0.506. The number of carbonyl (C=O) groups excluding carboxylic acids is 2. The van der Waals surface area contributed by atoms with E-state index in [1.807, 2.05) is 18.2 Å². The molecule has 8 nitrogen and oxygen atoms in total. The molecule has 5 rings (SSSR count). The zero-order valence-electron chi connectivity index (χ0n) is 23.3. The third-order valence-electron chi connectivity index (χ3n) is 6.86. The van der Waals surface area contributed by atoms with Crippen molar-refractivity contribution >= 4 is 28.9 Å². The highest BCUT2D eigenvalue weighted by Gasteiger charge is 2.32. The minimum atomic E-state index is -4.62. The number of aromatic nitrogens is 1. The predicted molar refractivity (Wildman–Crippen MR) is 157 cm³/mol. The Bertz CT molecular complexity index is 1590. The summed E-state index contributed by atoms with van der Waals surface area (Å²) >= 11 is 0. The van der Waals surface area contributed by atoms with Gasteiger partial charge in [0.05, 0.1) is 24.5 Å². The average Bonchev–Trinajstić information content (AvgIpc) is 3.02. The predicted octanol–water partition coefficient (Wildman–Crippen LogP) is 6.33. The molecule has 1 aliphatic rings. The average molecular weight is 591 g/mol. The van der Waals surface area contributed by atoms with Crippen LogP contribution in [0.4, 0.5) is 30.2 Å². The maximum atomic E-state index is 13.7. The first kappa shape index (κ1) is 29.6. The molecule has 2 N–H and O–H groups in total. The van der Waals surface area contributed by atoms with E-state index in [9.17, 15) is 22.8 Å². The lowest BCUT2D eigenvalue weighted by Gasteiger charge is -2.29. The molecule has 0 aliphatic carbocycles. The third-order valence-corrected chi connectivity index (χ3v) is 6.86. The second kappa shape index (κ2) is 13.0. The van der Waals surface area contributed by atoms with Gasteiger partial charge in [-0.25, -0.2) is 0 Å². The Morgan fingerprint density at radius 3 is 2.35 bits per heavy atom. The molecule has 1 saturated heterocycles. The minimum Gasteiger partial charge on any atom is -0.487 e. The first-order chi connectivity index (χ1) is 20.7. The molecule has 2 heterocycles. The van der Waals surface area contributed by atoms with Crippen molar-refractivity contribution in [1.29, 1.82) is 0 Å². The van der Waals surface area contributed by atoms with Gasteiger partial charge in [0.2, 0.25) is 0 Å². The number of hydrogen-bond acceptors (Lipinski definition) is 6. The zero-order valence-corrected chi connectivity index (χ0v) is 23.3. The number of nitrogens with zero attached hydrogens (tertiary/aromatic N) is 2. The van der Waals surface area contributed by atoms with E-state index in [-0.39, 0.29) is 11.5 Å². The van der Waals surface area contributed by atoms with E-state index in [1.165, 1.54) is 6.07 Å². The van der Waals surface area contributed by atoms with Crippen LogP contribution >= 0.6 is 0 Å². The largest absolute Gasteiger partial charge is 0.487 e. The first-order valence-corrected chi connectivity index (χ1v) is 13.6. The Labute approximate surface area is 246 Å². The van der Waals surface area contributed by atoms with Crippen LogP contribution in [-0.4, -0.2) is 43.1 Å². The molecule has 0 spiro atoms. The SMILES string of the molecule is Cc1ccc(NC(=O)c2cc(N3CCOCC3)cc(C(F)(F)F)c2)cc1NC(=O)c1ccc(OCc2ccccn2)cc1. The third kappa shape index (κ3) is 7.69. The number of aryl methyl sites for hydroxylation is 1. The van der Waals surface area contributed by atoms with Crippen LogP contribution in [0, 0.1) is 6.92 Å². The van der Waals surface area contributed by atoms with Gasteiger partial charge in [0, 0.05) is 47.5 Å². The van der Waals surface area contributed by atoms with Gasteiger partial charge >= 0.3 is 6.18 Å². The molecule has 1 aromatic heterocycles. The van der Waals surface area contributed by atoms with Gasteiger partial charge < -0.3 is 25.0 Å². The fraction of sp³-hybridized carbons (Fsp3) is 0.219. The zero-order chi connectivity index (χ0) is 30.4. The fourth-order valence-corrected chi connectivity index (χ4v) is 4.49. The van der Waals surface area contributed by atoms with Gasteiger partial charge in [0.25, 0.3) is 11.8 Å². The van der Waals surface area contributed by atoms with Crippen LogP contribution in [0.3, 0.4) is 0 Å². The maximum absolute atomic E-state index is 13.7. The summed E-state index contributed by atoms with van der Waals surface area (Å²) in [7, 11) is 0. The highest BCUT2D eigenvalue weighted by atomic mass is 19.4. The Balaban J connectivity index is 1.27. The van der Waals surface area contributed by atoms with Crippen LogP contribution in [0.2, 0.25) is 0 Å². The number of rotatable bonds is 8. The molecule has 222 valence electrons. The van der Waals surface area contributed by atoms with E-state index in [0.717, 1.165) is 23.4 Å².